The quantitative estimate of drug-likeness (QED) is 0.879. The average molecular weight is 318 g/mol. The maximum atomic E-state index is 12.1. The molecule has 0 spiro atoms. The Morgan fingerprint density at radius 2 is 2.06 bits per heavy atom. The fourth-order valence-corrected chi connectivity index (χ4v) is 2.85. The van der Waals surface area contributed by atoms with Crippen LogP contribution in [0.15, 0.2) is 22.7 Å². The van der Waals surface area contributed by atoms with Crippen LogP contribution in [0.2, 0.25) is 5.02 Å². The van der Waals surface area contributed by atoms with E-state index in [1.165, 1.54) is 0 Å². The van der Waals surface area contributed by atoms with Gasteiger partial charge >= 0.3 is 0 Å². The van der Waals surface area contributed by atoms with E-state index in [4.69, 9.17) is 17.3 Å². The van der Waals surface area contributed by atoms with Crippen LogP contribution in [-0.2, 0) is 4.79 Å². The number of rotatable bonds is 2. The molecule has 0 atom stereocenters. The minimum atomic E-state index is -0.709. The summed E-state index contributed by atoms with van der Waals surface area (Å²) in [5.74, 6) is -0.113. The van der Waals surface area contributed by atoms with Crippen LogP contribution in [0.4, 0.5) is 5.69 Å². The van der Waals surface area contributed by atoms with E-state index in [0.29, 0.717) is 10.7 Å². The second-order valence-corrected chi connectivity index (χ2v) is 5.73. The van der Waals surface area contributed by atoms with Crippen LogP contribution in [0.1, 0.15) is 25.7 Å². The number of nitrogens with two attached hydrogens (primary N) is 1. The second-order valence-electron chi connectivity index (χ2n) is 4.44. The monoisotopic (exact) mass is 316 g/mol. The largest absolute Gasteiger partial charge is 0.323 e. The molecule has 5 heteroatoms. The fourth-order valence-electron chi connectivity index (χ4n) is 2.07. The van der Waals surface area contributed by atoms with Crippen LogP contribution in [-0.4, -0.2) is 11.4 Å². The van der Waals surface area contributed by atoms with E-state index in [1.807, 2.05) is 0 Å². The van der Waals surface area contributed by atoms with Crippen LogP contribution in [0.3, 0.4) is 0 Å². The molecule has 3 N–H and O–H groups in total. The zero-order chi connectivity index (χ0) is 12.5. The lowest BCUT2D eigenvalue weighted by atomic mass is 9.98. The number of hydrogen-bond acceptors (Lipinski definition) is 2. The third-order valence-electron chi connectivity index (χ3n) is 3.13. The molecule has 0 saturated heterocycles. The van der Waals surface area contributed by atoms with Crippen LogP contribution in [0, 0.1) is 0 Å². The number of hydrogen-bond donors (Lipinski definition) is 2. The summed E-state index contributed by atoms with van der Waals surface area (Å²) < 4.78 is 0.764. The molecule has 1 aromatic carbocycles. The minimum absolute atomic E-state index is 0.113. The summed E-state index contributed by atoms with van der Waals surface area (Å²) in [5, 5.41) is 3.47. The molecule has 17 heavy (non-hydrogen) atoms. The van der Waals surface area contributed by atoms with Crippen molar-refractivity contribution in [2.75, 3.05) is 5.32 Å². The molecular formula is C12H14BrClN2O. The summed E-state index contributed by atoms with van der Waals surface area (Å²) in [5.41, 5.74) is 6.07. The molecule has 1 fully saturated rings. The summed E-state index contributed by atoms with van der Waals surface area (Å²) in [6, 6.07) is 5.25. The molecule has 92 valence electrons. The van der Waals surface area contributed by atoms with Gasteiger partial charge in [0.2, 0.25) is 5.91 Å². The molecule has 1 amide bonds. The minimum Gasteiger partial charge on any atom is -0.323 e. The Balaban J connectivity index is 2.13. The summed E-state index contributed by atoms with van der Waals surface area (Å²) >= 11 is 9.20. The highest BCUT2D eigenvalue weighted by Crippen LogP contribution is 2.31. The standard InChI is InChI=1S/C12H14BrClN2O/c13-9-7-8(14)3-4-10(9)16-11(17)12(15)5-1-2-6-12/h3-4,7H,1-2,5-6,15H2,(H,16,17). The number of benzene rings is 1. The third-order valence-corrected chi connectivity index (χ3v) is 4.02. The lowest BCUT2D eigenvalue weighted by molar-refractivity contribution is -0.121. The normalized spacial score (nSPS) is 18.1. The summed E-state index contributed by atoms with van der Waals surface area (Å²) in [6.45, 7) is 0. The van der Waals surface area contributed by atoms with Crippen molar-refractivity contribution in [2.24, 2.45) is 5.73 Å². The molecule has 0 aromatic heterocycles. The lowest BCUT2D eigenvalue weighted by Gasteiger charge is -2.22. The smallest absolute Gasteiger partial charge is 0.244 e. The molecule has 1 aliphatic carbocycles. The van der Waals surface area contributed by atoms with Gasteiger partial charge in [0.15, 0.2) is 0 Å². The molecule has 0 heterocycles. The number of amides is 1. The van der Waals surface area contributed by atoms with E-state index >= 15 is 0 Å². The predicted molar refractivity (Wildman–Crippen MR) is 73.2 cm³/mol. The van der Waals surface area contributed by atoms with Gasteiger partial charge in [0.25, 0.3) is 0 Å². The summed E-state index contributed by atoms with van der Waals surface area (Å²) in [6.07, 6.45) is 3.55. The first kappa shape index (κ1) is 12.9. The van der Waals surface area contributed by atoms with E-state index in [2.05, 4.69) is 21.2 Å². The highest BCUT2D eigenvalue weighted by atomic mass is 79.9. The summed E-state index contributed by atoms with van der Waals surface area (Å²) in [4.78, 5) is 12.1. The Morgan fingerprint density at radius 1 is 1.41 bits per heavy atom. The SMILES string of the molecule is NC1(C(=O)Nc2ccc(Cl)cc2Br)CCCC1. The fraction of sp³-hybridized carbons (Fsp3) is 0.417. The molecule has 2 rings (SSSR count). The molecule has 3 nitrogen and oxygen atoms in total. The third kappa shape index (κ3) is 2.81. The molecule has 0 aliphatic heterocycles. The molecule has 0 unspecified atom stereocenters. The molecular weight excluding hydrogens is 304 g/mol. The van der Waals surface area contributed by atoms with Gasteiger partial charge < -0.3 is 11.1 Å². The van der Waals surface area contributed by atoms with Gasteiger partial charge in [-0.2, -0.15) is 0 Å². The van der Waals surface area contributed by atoms with E-state index in [9.17, 15) is 4.79 Å². The maximum absolute atomic E-state index is 12.1. The van der Waals surface area contributed by atoms with E-state index < -0.39 is 5.54 Å². The molecule has 0 radical (unpaired) electrons. The van der Waals surface area contributed by atoms with Crippen molar-refractivity contribution in [1.29, 1.82) is 0 Å². The zero-order valence-electron chi connectivity index (χ0n) is 9.30. The number of carbonyl (C=O) groups is 1. The van der Waals surface area contributed by atoms with Gasteiger partial charge in [0.1, 0.15) is 0 Å². The molecule has 1 saturated carbocycles. The van der Waals surface area contributed by atoms with Crippen molar-refractivity contribution in [2.45, 2.75) is 31.2 Å². The maximum Gasteiger partial charge on any atom is 0.244 e. The molecule has 1 aromatic rings. The van der Waals surface area contributed by atoms with Crippen molar-refractivity contribution >= 4 is 39.1 Å². The van der Waals surface area contributed by atoms with Crippen LogP contribution >= 0.6 is 27.5 Å². The second kappa shape index (κ2) is 4.96. The number of nitrogens with one attached hydrogen (secondary N) is 1. The van der Waals surface area contributed by atoms with Gasteiger partial charge in [-0.15, -0.1) is 0 Å². The summed E-state index contributed by atoms with van der Waals surface area (Å²) in [7, 11) is 0. The lowest BCUT2D eigenvalue weighted by Crippen LogP contribution is -2.48. The average Bonchev–Trinajstić information content (AvgIpc) is 2.71. The van der Waals surface area contributed by atoms with Crippen LogP contribution in [0.25, 0.3) is 0 Å². The van der Waals surface area contributed by atoms with E-state index in [-0.39, 0.29) is 5.91 Å². The zero-order valence-corrected chi connectivity index (χ0v) is 11.6. The van der Waals surface area contributed by atoms with Crippen molar-refractivity contribution in [1.82, 2.24) is 0 Å². The van der Waals surface area contributed by atoms with Crippen molar-refractivity contribution < 1.29 is 4.79 Å². The first-order chi connectivity index (χ1) is 8.01. The highest BCUT2D eigenvalue weighted by molar-refractivity contribution is 9.10. The topological polar surface area (TPSA) is 55.1 Å². The number of carbonyl (C=O) groups excluding carboxylic acids is 1. The van der Waals surface area contributed by atoms with Gasteiger partial charge in [-0.1, -0.05) is 24.4 Å². The Morgan fingerprint density at radius 3 is 2.65 bits per heavy atom. The number of halogens is 2. The first-order valence-electron chi connectivity index (χ1n) is 5.57. The van der Waals surface area contributed by atoms with Gasteiger partial charge in [-0.3, -0.25) is 4.79 Å². The van der Waals surface area contributed by atoms with Gasteiger partial charge in [-0.05, 0) is 47.0 Å². The number of anilines is 1. The van der Waals surface area contributed by atoms with Crippen LogP contribution in [0.5, 0.6) is 0 Å². The van der Waals surface area contributed by atoms with Gasteiger partial charge in [0, 0.05) is 9.50 Å². The Bertz CT molecular complexity index is 444. The Hall–Kier alpha value is -0.580. The highest BCUT2D eigenvalue weighted by Gasteiger charge is 2.37. The van der Waals surface area contributed by atoms with E-state index in [1.54, 1.807) is 18.2 Å². The van der Waals surface area contributed by atoms with Crippen LogP contribution < -0.4 is 11.1 Å². The molecule has 0 bridgehead atoms. The predicted octanol–water partition coefficient (Wildman–Crippen LogP) is 3.31. The Kier molecular flexibility index (Phi) is 3.76. The van der Waals surface area contributed by atoms with Crippen molar-refractivity contribution in [3.05, 3.63) is 27.7 Å². The van der Waals surface area contributed by atoms with Crippen molar-refractivity contribution in [3.63, 3.8) is 0 Å². The Labute approximate surface area is 114 Å². The van der Waals surface area contributed by atoms with Gasteiger partial charge in [-0.25, -0.2) is 0 Å². The van der Waals surface area contributed by atoms with Gasteiger partial charge in [0.05, 0.1) is 11.2 Å². The van der Waals surface area contributed by atoms with E-state index in [0.717, 1.165) is 30.2 Å². The van der Waals surface area contributed by atoms with Crippen molar-refractivity contribution in [3.8, 4) is 0 Å². The molecule has 1 aliphatic rings. The first-order valence-corrected chi connectivity index (χ1v) is 6.74.